The summed E-state index contributed by atoms with van der Waals surface area (Å²) in [4.78, 5) is 9.17. The normalized spacial score (nSPS) is 16.6. The lowest BCUT2D eigenvalue weighted by Crippen LogP contribution is -2.42. The van der Waals surface area contributed by atoms with Gasteiger partial charge in [-0.05, 0) is 63.5 Å². The highest BCUT2D eigenvalue weighted by Gasteiger charge is 2.29. The third-order valence-corrected chi connectivity index (χ3v) is 7.87. The van der Waals surface area contributed by atoms with E-state index < -0.39 is 9.84 Å². The van der Waals surface area contributed by atoms with Gasteiger partial charge in [0.2, 0.25) is 0 Å². The van der Waals surface area contributed by atoms with Gasteiger partial charge in [-0.25, -0.2) is 8.42 Å². The highest BCUT2D eigenvalue weighted by Crippen LogP contribution is 2.39. The number of piperidine rings is 1. The summed E-state index contributed by atoms with van der Waals surface area (Å²) in [6, 6.07) is 13.4. The van der Waals surface area contributed by atoms with Gasteiger partial charge in [0.15, 0.2) is 9.84 Å². The molecule has 3 aromatic rings. The number of hydrogen-bond donors (Lipinski definition) is 1. The molecule has 0 radical (unpaired) electrons. The number of anilines is 1. The summed E-state index contributed by atoms with van der Waals surface area (Å²) in [5.41, 5.74) is 3.02. The number of aromatic nitrogens is 1. The Labute approximate surface area is 190 Å². The first-order valence-electron chi connectivity index (χ1n) is 11.0. The smallest absolute Gasteiger partial charge is 0.179 e. The number of hydrogen-bond acceptors (Lipinski definition) is 6. The Morgan fingerprint density at radius 2 is 1.81 bits per heavy atom. The molecule has 2 aromatic carbocycles. The Bertz CT molecular complexity index is 1230. The zero-order valence-corrected chi connectivity index (χ0v) is 19.9. The fourth-order valence-electron chi connectivity index (χ4n) is 4.67. The van der Waals surface area contributed by atoms with E-state index in [1.807, 2.05) is 30.3 Å². The van der Waals surface area contributed by atoms with E-state index in [1.165, 1.54) is 12.5 Å². The molecule has 1 unspecified atom stereocenters. The van der Waals surface area contributed by atoms with Gasteiger partial charge in [-0.1, -0.05) is 24.3 Å². The van der Waals surface area contributed by atoms with E-state index in [-0.39, 0.29) is 10.6 Å². The number of para-hydroxylation sites is 1. The van der Waals surface area contributed by atoms with E-state index in [2.05, 4.69) is 35.8 Å². The van der Waals surface area contributed by atoms with Crippen LogP contribution in [0.15, 0.2) is 53.6 Å². The van der Waals surface area contributed by atoms with Gasteiger partial charge in [0, 0.05) is 42.5 Å². The standard InChI is InChI=1S/C25H31N3O3S/c1-17(27(2)3)18-11-13-28(14-12-18)25-21-15-19(20-7-5-6-8-23(20)29)9-10-22(21)26-16-24(25)32(4,30)31/h5-10,15-18,29H,11-14H2,1-4H3. The van der Waals surface area contributed by atoms with Crippen molar-refractivity contribution in [1.29, 1.82) is 0 Å². The number of pyridine rings is 1. The number of benzene rings is 2. The molecule has 7 heteroatoms. The predicted molar refractivity (Wildman–Crippen MR) is 130 cm³/mol. The monoisotopic (exact) mass is 453 g/mol. The second-order valence-corrected chi connectivity index (χ2v) is 11.0. The zero-order chi connectivity index (χ0) is 23.0. The maximum absolute atomic E-state index is 12.7. The molecule has 170 valence electrons. The Kier molecular flexibility index (Phi) is 6.14. The first kappa shape index (κ1) is 22.6. The summed E-state index contributed by atoms with van der Waals surface area (Å²) in [7, 11) is 0.749. The van der Waals surface area contributed by atoms with Gasteiger partial charge >= 0.3 is 0 Å². The average Bonchev–Trinajstić information content (AvgIpc) is 2.77. The number of phenolic OH excluding ortho intramolecular Hbond substituents is 1. The molecular weight excluding hydrogens is 422 g/mol. The van der Waals surface area contributed by atoms with Gasteiger partial charge < -0.3 is 14.9 Å². The number of aromatic hydroxyl groups is 1. The van der Waals surface area contributed by atoms with Gasteiger partial charge in [0.05, 0.1) is 11.2 Å². The highest BCUT2D eigenvalue weighted by molar-refractivity contribution is 7.90. The lowest BCUT2D eigenvalue weighted by molar-refractivity contribution is 0.199. The van der Waals surface area contributed by atoms with Crippen molar-refractivity contribution < 1.29 is 13.5 Å². The van der Waals surface area contributed by atoms with E-state index >= 15 is 0 Å². The molecule has 0 saturated carbocycles. The number of fused-ring (bicyclic) bond motifs is 1. The number of rotatable bonds is 5. The van der Waals surface area contributed by atoms with Gasteiger partial charge in [0.25, 0.3) is 0 Å². The van der Waals surface area contributed by atoms with Crippen molar-refractivity contribution in [2.45, 2.75) is 30.7 Å². The lowest BCUT2D eigenvalue weighted by atomic mass is 9.89. The second-order valence-electron chi connectivity index (χ2n) is 9.02. The first-order chi connectivity index (χ1) is 15.2. The minimum atomic E-state index is -3.46. The van der Waals surface area contributed by atoms with Crippen molar-refractivity contribution in [1.82, 2.24) is 9.88 Å². The third kappa shape index (κ3) is 4.32. The molecule has 0 aliphatic carbocycles. The quantitative estimate of drug-likeness (QED) is 0.625. The summed E-state index contributed by atoms with van der Waals surface area (Å²) in [5, 5.41) is 11.1. The molecule has 1 N–H and O–H groups in total. The molecular formula is C25H31N3O3S. The van der Waals surface area contributed by atoms with Crippen molar-refractivity contribution in [3.63, 3.8) is 0 Å². The van der Waals surface area contributed by atoms with E-state index in [4.69, 9.17) is 0 Å². The maximum atomic E-state index is 12.7. The fraction of sp³-hybridized carbons (Fsp3) is 0.400. The zero-order valence-electron chi connectivity index (χ0n) is 19.1. The predicted octanol–water partition coefficient (Wildman–Crippen LogP) is 4.18. The summed E-state index contributed by atoms with van der Waals surface area (Å²) in [5.74, 6) is 0.770. The number of sulfone groups is 1. The van der Waals surface area contributed by atoms with Crippen molar-refractivity contribution in [2.24, 2.45) is 5.92 Å². The van der Waals surface area contributed by atoms with Gasteiger partial charge in [-0.2, -0.15) is 0 Å². The molecule has 2 heterocycles. The number of phenols is 1. The second kappa shape index (κ2) is 8.71. The third-order valence-electron chi connectivity index (χ3n) is 6.77. The Balaban J connectivity index is 1.82. The van der Waals surface area contributed by atoms with Gasteiger partial charge in [-0.3, -0.25) is 4.98 Å². The van der Waals surface area contributed by atoms with Crippen LogP contribution >= 0.6 is 0 Å². The maximum Gasteiger partial charge on any atom is 0.179 e. The molecule has 1 atom stereocenters. The topological polar surface area (TPSA) is 73.7 Å². The molecule has 0 amide bonds. The molecule has 0 spiro atoms. The molecule has 1 saturated heterocycles. The van der Waals surface area contributed by atoms with Crippen LogP contribution in [0.3, 0.4) is 0 Å². The summed E-state index contributed by atoms with van der Waals surface area (Å²) >= 11 is 0. The Hall–Kier alpha value is -2.64. The van der Waals surface area contributed by atoms with Crippen LogP contribution in [0.5, 0.6) is 5.75 Å². The lowest BCUT2D eigenvalue weighted by Gasteiger charge is -2.39. The molecule has 6 nitrogen and oxygen atoms in total. The van der Waals surface area contributed by atoms with E-state index in [9.17, 15) is 13.5 Å². The molecule has 1 fully saturated rings. The number of nitrogens with zero attached hydrogens (tertiary/aromatic N) is 3. The van der Waals surface area contributed by atoms with Crippen LogP contribution < -0.4 is 4.90 Å². The van der Waals surface area contributed by atoms with Gasteiger partial charge in [0.1, 0.15) is 10.6 Å². The minimum Gasteiger partial charge on any atom is -0.507 e. The SMILES string of the molecule is CC(C1CCN(c2c(S(C)(=O)=O)cnc3ccc(-c4ccccc4O)cc23)CC1)N(C)C. The van der Waals surface area contributed by atoms with Crippen LogP contribution in [-0.2, 0) is 9.84 Å². The van der Waals surface area contributed by atoms with Crippen molar-refractivity contribution >= 4 is 26.4 Å². The van der Waals surface area contributed by atoms with Crippen LogP contribution in [0.1, 0.15) is 19.8 Å². The summed E-state index contributed by atoms with van der Waals surface area (Å²) < 4.78 is 25.4. The average molecular weight is 454 g/mol. The summed E-state index contributed by atoms with van der Waals surface area (Å²) in [6.45, 7) is 3.85. The fourth-order valence-corrected chi connectivity index (χ4v) is 5.50. The molecule has 1 aliphatic heterocycles. The molecule has 4 rings (SSSR count). The van der Waals surface area contributed by atoms with Gasteiger partial charge in [-0.15, -0.1) is 0 Å². The van der Waals surface area contributed by atoms with Crippen LogP contribution in [0, 0.1) is 5.92 Å². The van der Waals surface area contributed by atoms with Crippen LogP contribution in [0.4, 0.5) is 5.69 Å². The first-order valence-corrected chi connectivity index (χ1v) is 12.9. The largest absolute Gasteiger partial charge is 0.507 e. The molecule has 32 heavy (non-hydrogen) atoms. The summed E-state index contributed by atoms with van der Waals surface area (Å²) in [6.07, 6.45) is 4.74. The van der Waals surface area contributed by atoms with E-state index in [0.29, 0.717) is 17.5 Å². The highest BCUT2D eigenvalue weighted by atomic mass is 32.2. The molecule has 1 aromatic heterocycles. The van der Waals surface area contributed by atoms with Crippen LogP contribution in [-0.4, -0.2) is 62.9 Å². The minimum absolute atomic E-state index is 0.194. The van der Waals surface area contributed by atoms with Crippen molar-refractivity contribution in [3.8, 4) is 16.9 Å². The van der Waals surface area contributed by atoms with Crippen molar-refractivity contribution in [3.05, 3.63) is 48.7 Å². The van der Waals surface area contributed by atoms with E-state index in [0.717, 1.165) is 48.1 Å². The Morgan fingerprint density at radius 3 is 2.44 bits per heavy atom. The van der Waals surface area contributed by atoms with Crippen LogP contribution in [0.2, 0.25) is 0 Å². The van der Waals surface area contributed by atoms with Crippen LogP contribution in [0.25, 0.3) is 22.0 Å². The molecule has 1 aliphatic rings. The van der Waals surface area contributed by atoms with Crippen molar-refractivity contribution in [2.75, 3.05) is 38.3 Å². The van der Waals surface area contributed by atoms with E-state index in [1.54, 1.807) is 12.1 Å². The molecule has 0 bridgehead atoms. The Morgan fingerprint density at radius 1 is 1.12 bits per heavy atom.